The van der Waals surface area contributed by atoms with Crippen molar-refractivity contribution in [3.05, 3.63) is 29.3 Å². The largest absolute Gasteiger partial charge is 0.397 e. The third-order valence-electron chi connectivity index (χ3n) is 2.03. The van der Waals surface area contributed by atoms with E-state index >= 15 is 0 Å². The van der Waals surface area contributed by atoms with Crippen LogP contribution in [0.4, 0.5) is 5.69 Å². The molecule has 2 nitrogen and oxygen atoms in total. The zero-order valence-electron chi connectivity index (χ0n) is 8.26. The molecule has 0 aromatic heterocycles. The summed E-state index contributed by atoms with van der Waals surface area (Å²) >= 11 is 0. The Kier molecular flexibility index (Phi) is 2.29. The van der Waals surface area contributed by atoms with Crippen LogP contribution >= 0.6 is 0 Å². The molecule has 0 radical (unpaired) electrons. The lowest BCUT2D eigenvalue weighted by Crippen LogP contribution is -2.14. The van der Waals surface area contributed by atoms with Crippen LogP contribution < -0.4 is 5.73 Å². The van der Waals surface area contributed by atoms with Crippen molar-refractivity contribution in [2.45, 2.75) is 26.2 Å². The van der Waals surface area contributed by atoms with Crippen molar-refractivity contribution >= 4 is 5.69 Å². The van der Waals surface area contributed by atoms with Gasteiger partial charge in [-0.15, -0.1) is 0 Å². The van der Waals surface area contributed by atoms with Gasteiger partial charge in [0.1, 0.15) is 6.07 Å². The van der Waals surface area contributed by atoms with E-state index in [-0.39, 0.29) is 5.41 Å². The summed E-state index contributed by atoms with van der Waals surface area (Å²) in [5.74, 6) is 0. The Balaban J connectivity index is 3.34. The molecule has 1 rings (SSSR count). The van der Waals surface area contributed by atoms with Crippen LogP contribution in [0.5, 0.6) is 0 Å². The van der Waals surface area contributed by atoms with Gasteiger partial charge in [-0.3, -0.25) is 0 Å². The van der Waals surface area contributed by atoms with Crippen LogP contribution in [0.3, 0.4) is 0 Å². The molecule has 0 unspecified atom stereocenters. The maximum absolute atomic E-state index is 8.78. The molecular weight excluding hydrogens is 160 g/mol. The highest BCUT2D eigenvalue weighted by molar-refractivity contribution is 5.61. The standard InChI is InChI=1S/C11H14N2/c1-11(2,3)9-6-4-5-8(7-12)10(9)13/h4-6H,13H2,1-3H3. The topological polar surface area (TPSA) is 49.8 Å². The first kappa shape index (κ1) is 9.60. The fraction of sp³-hybridized carbons (Fsp3) is 0.364. The second-order valence-electron chi connectivity index (χ2n) is 4.13. The Morgan fingerprint density at radius 1 is 1.31 bits per heavy atom. The van der Waals surface area contributed by atoms with Crippen LogP contribution in [0.25, 0.3) is 0 Å². The van der Waals surface area contributed by atoms with Gasteiger partial charge in [-0.1, -0.05) is 32.9 Å². The molecule has 0 aliphatic carbocycles. The summed E-state index contributed by atoms with van der Waals surface area (Å²) in [6.07, 6.45) is 0. The van der Waals surface area contributed by atoms with Gasteiger partial charge in [0, 0.05) is 0 Å². The number of benzene rings is 1. The van der Waals surface area contributed by atoms with E-state index < -0.39 is 0 Å². The van der Waals surface area contributed by atoms with Crippen LogP contribution in [0.1, 0.15) is 31.9 Å². The van der Waals surface area contributed by atoms with Crippen LogP contribution in [0.15, 0.2) is 18.2 Å². The number of nitrogens with zero attached hydrogens (tertiary/aromatic N) is 1. The van der Waals surface area contributed by atoms with Crippen LogP contribution in [-0.2, 0) is 5.41 Å². The number of anilines is 1. The monoisotopic (exact) mass is 174 g/mol. The van der Waals surface area contributed by atoms with Crippen molar-refractivity contribution in [1.82, 2.24) is 0 Å². The van der Waals surface area contributed by atoms with Crippen molar-refractivity contribution in [2.24, 2.45) is 0 Å². The molecular formula is C11H14N2. The Hall–Kier alpha value is -1.49. The molecule has 13 heavy (non-hydrogen) atoms. The van der Waals surface area contributed by atoms with Gasteiger partial charge in [0.05, 0.1) is 11.3 Å². The summed E-state index contributed by atoms with van der Waals surface area (Å²) in [6, 6.07) is 7.66. The third-order valence-corrected chi connectivity index (χ3v) is 2.03. The fourth-order valence-electron chi connectivity index (χ4n) is 1.32. The molecule has 0 aliphatic heterocycles. The number of hydrogen-bond donors (Lipinski definition) is 1. The molecule has 2 N–H and O–H groups in total. The number of hydrogen-bond acceptors (Lipinski definition) is 2. The minimum absolute atomic E-state index is 0.00303. The van der Waals surface area contributed by atoms with Gasteiger partial charge in [0.25, 0.3) is 0 Å². The number of nitrogen functional groups attached to an aromatic ring is 1. The van der Waals surface area contributed by atoms with Crippen LogP contribution in [0.2, 0.25) is 0 Å². The zero-order valence-corrected chi connectivity index (χ0v) is 8.26. The highest BCUT2D eigenvalue weighted by Crippen LogP contribution is 2.29. The molecule has 1 aromatic rings. The summed E-state index contributed by atoms with van der Waals surface area (Å²) in [4.78, 5) is 0. The highest BCUT2D eigenvalue weighted by Gasteiger charge is 2.17. The van der Waals surface area contributed by atoms with E-state index in [1.165, 1.54) is 0 Å². The Labute approximate surface area is 79.0 Å². The SMILES string of the molecule is CC(C)(C)c1cccc(C#N)c1N. The van der Waals surface area contributed by atoms with E-state index in [1.807, 2.05) is 12.1 Å². The zero-order chi connectivity index (χ0) is 10.1. The summed E-state index contributed by atoms with van der Waals surface area (Å²) in [7, 11) is 0. The lowest BCUT2D eigenvalue weighted by molar-refractivity contribution is 0.592. The molecule has 1 aromatic carbocycles. The van der Waals surface area contributed by atoms with Gasteiger partial charge in [-0.25, -0.2) is 0 Å². The van der Waals surface area contributed by atoms with Gasteiger partial charge in [-0.05, 0) is 17.0 Å². The Morgan fingerprint density at radius 2 is 1.92 bits per heavy atom. The summed E-state index contributed by atoms with van der Waals surface area (Å²) in [5, 5.41) is 8.78. The number of nitriles is 1. The smallest absolute Gasteiger partial charge is 0.101 e. The van der Waals surface area contributed by atoms with Crippen LogP contribution in [-0.4, -0.2) is 0 Å². The average Bonchev–Trinajstić information content (AvgIpc) is 2.02. The number of para-hydroxylation sites is 1. The van der Waals surface area contributed by atoms with E-state index in [9.17, 15) is 0 Å². The van der Waals surface area contributed by atoms with Crippen molar-refractivity contribution < 1.29 is 0 Å². The number of nitrogens with two attached hydrogens (primary N) is 1. The van der Waals surface area contributed by atoms with Gasteiger partial charge in [0.2, 0.25) is 0 Å². The van der Waals surface area contributed by atoms with E-state index in [2.05, 4.69) is 26.8 Å². The molecule has 0 amide bonds. The van der Waals surface area contributed by atoms with Crippen molar-refractivity contribution in [1.29, 1.82) is 5.26 Å². The first-order chi connectivity index (χ1) is 5.96. The first-order valence-corrected chi connectivity index (χ1v) is 4.26. The van der Waals surface area contributed by atoms with Crippen molar-refractivity contribution in [2.75, 3.05) is 5.73 Å². The highest BCUT2D eigenvalue weighted by atomic mass is 14.6. The second-order valence-corrected chi connectivity index (χ2v) is 4.13. The molecule has 0 atom stereocenters. The van der Waals surface area contributed by atoms with Gasteiger partial charge in [0.15, 0.2) is 0 Å². The predicted octanol–water partition coefficient (Wildman–Crippen LogP) is 2.44. The third kappa shape index (κ3) is 1.81. The maximum atomic E-state index is 8.78. The fourth-order valence-corrected chi connectivity index (χ4v) is 1.32. The average molecular weight is 174 g/mol. The van der Waals surface area contributed by atoms with E-state index in [4.69, 9.17) is 11.0 Å². The predicted molar refractivity (Wildman–Crippen MR) is 54.3 cm³/mol. The van der Waals surface area contributed by atoms with E-state index in [0.717, 1.165) is 5.56 Å². The quantitative estimate of drug-likeness (QED) is 0.614. The van der Waals surface area contributed by atoms with Crippen molar-refractivity contribution in [3.8, 4) is 6.07 Å². The first-order valence-electron chi connectivity index (χ1n) is 4.26. The molecule has 0 spiro atoms. The minimum atomic E-state index is -0.00303. The molecule has 68 valence electrons. The summed E-state index contributed by atoms with van der Waals surface area (Å²) < 4.78 is 0. The van der Waals surface area contributed by atoms with E-state index in [0.29, 0.717) is 11.3 Å². The normalized spacial score (nSPS) is 10.9. The van der Waals surface area contributed by atoms with Gasteiger partial charge >= 0.3 is 0 Å². The van der Waals surface area contributed by atoms with E-state index in [1.54, 1.807) is 6.07 Å². The van der Waals surface area contributed by atoms with Gasteiger partial charge in [-0.2, -0.15) is 5.26 Å². The lowest BCUT2D eigenvalue weighted by atomic mass is 9.85. The maximum Gasteiger partial charge on any atom is 0.101 e. The second kappa shape index (κ2) is 3.10. The molecule has 2 heteroatoms. The number of rotatable bonds is 0. The molecule has 0 bridgehead atoms. The molecule has 0 aliphatic rings. The van der Waals surface area contributed by atoms with Crippen molar-refractivity contribution in [3.63, 3.8) is 0 Å². The molecule has 0 saturated carbocycles. The minimum Gasteiger partial charge on any atom is -0.397 e. The summed E-state index contributed by atoms with van der Waals surface area (Å²) in [6.45, 7) is 6.25. The molecule has 0 heterocycles. The molecule has 0 saturated heterocycles. The Morgan fingerprint density at radius 3 is 2.38 bits per heavy atom. The summed E-state index contributed by atoms with van der Waals surface area (Å²) in [5.41, 5.74) is 8.06. The molecule has 0 fully saturated rings. The lowest BCUT2D eigenvalue weighted by Gasteiger charge is -2.21. The Bertz CT molecular complexity index is 353. The van der Waals surface area contributed by atoms with Gasteiger partial charge < -0.3 is 5.73 Å². The van der Waals surface area contributed by atoms with Crippen LogP contribution in [0, 0.1) is 11.3 Å².